The van der Waals surface area contributed by atoms with Gasteiger partial charge in [-0.1, -0.05) is 43.7 Å². The average molecular weight is 597 g/mol. The number of para-hydroxylation sites is 1. The van der Waals surface area contributed by atoms with Gasteiger partial charge in [-0.15, -0.1) is 0 Å². The maximum Gasteiger partial charge on any atom is 0.342 e. The third-order valence-corrected chi connectivity index (χ3v) is 8.76. The number of unbranched alkanes of at least 4 members (excludes halogenated alkanes) is 1. The molecule has 230 valence electrons. The zero-order valence-corrected chi connectivity index (χ0v) is 25.7. The summed E-state index contributed by atoms with van der Waals surface area (Å²) in [6.07, 6.45) is 5.20. The highest BCUT2D eigenvalue weighted by Crippen LogP contribution is 2.35. The van der Waals surface area contributed by atoms with E-state index in [1.165, 1.54) is 33.1 Å². The van der Waals surface area contributed by atoms with Crippen LogP contribution in [0.5, 0.6) is 11.6 Å². The van der Waals surface area contributed by atoms with Gasteiger partial charge in [-0.3, -0.25) is 4.90 Å². The summed E-state index contributed by atoms with van der Waals surface area (Å²) in [6, 6.07) is 16.6. The van der Waals surface area contributed by atoms with E-state index in [0.29, 0.717) is 30.8 Å². The largest absolute Gasteiger partial charge is 0.488 e. The van der Waals surface area contributed by atoms with E-state index in [0.717, 1.165) is 68.9 Å². The molecule has 9 heteroatoms. The van der Waals surface area contributed by atoms with Crippen molar-refractivity contribution in [2.75, 3.05) is 26.4 Å². The van der Waals surface area contributed by atoms with Crippen molar-refractivity contribution in [2.24, 2.45) is 0 Å². The molecular weight excluding hydrogens is 556 g/mol. The minimum absolute atomic E-state index is 0.00793. The monoisotopic (exact) mass is 596 g/mol. The first-order chi connectivity index (χ1) is 21.4. The van der Waals surface area contributed by atoms with Crippen LogP contribution in [0.1, 0.15) is 64.4 Å². The van der Waals surface area contributed by atoms with Gasteiger partial charge in [0.05, 0.1) is 25.1 Å². The third kappa shape index (κ3) is 6.07. The summed E-state index contributed by atoms with van der Waals surface area (Å²) in [5.74, 6) is 0.330. The van der Waals surface area contributed by atoms with Crippen LogP contribution in [0.4, 0.5) is 0 Å². The zero-order chi connectivity index (χ0) is 30.6. The lowest BCUT2D eigenvalue weighted by Crippen LogP contribution is -2.39. The summed E-state index contributed by atoms with van der Waals surface area (Å²) in [5, 5.41) is 14.0. The van der Waals surface area contributed by atoms with Crippen molar-refractivity contribution < 1.29 is 24.1 Å². The summed E-state index contributed by atoms with van der Waals surface area (Å²) < 4.78 is 19.5. The number of carbonyl (C=O) groups is 1. The molecule has 4 heterocycles. The van der Waals surface area contributed by atoms with Crippen molar-refractivity contribution in [3.8, 4) is 28.7 Å². The molecule has 1 atom stereocenters. The minimum atomic E-state index is -1.09. The number of hydrogen-bond acceptors (Lipinski definition) is 7. The molecule has 0 amide bonds. The highest BCUT2D eigenvalue weighted by atomic mass is 16.5. The Hall–Kier alpha value is -4.21. The van der Waals surface area contributed by atoms with Crippen LogP contribution in [-0.2, 0) is 24.3 Å². The van der Waals surface area contributed by atoms with Gasteiger partial charge < -0.3 is 19.3 Å². The Kier molecular flexibility index (Phi) is 8.95. The van der Waals surface area contributed by atoms with Gasteiger partial charge in [-0.05, 0) is 79.1 Å². The molecule has 2 aromatic heterocycles. The number of benzene rings is 2. The van der Waals surface area contributed by atoms with E-state index in [-0.39, 0.29) is 11.4 Å². The summed E-state index contributed by atoms with van der Waals surface area (Å²) >= 11 is 0. The molecule has 2 aliphatic rings. The Morgan fingerprint density at radius 3 is 2.77 bits per heavy atom. The fourth-order valence-electron chi connectivity index (χ4n) is 6.18. The van der Waals surface area contributed by atoms with Crippen LogP contribution in [0.3, 0.4) is 0 Å². The normalized spacial score (nSPS) is 16.6. The molecule has 6 rings (SSSR count). The van der Waals surface area contributed by atoms with Gasteiger partial charge in [0.15, 0.2) is 5.82 Å². The molecule has 4 aromatic rings. The maximum atomic E-state index is 11.9. The summed E-state index contributed by atoms with van der Waals surface area (Å²) in [7, 11) is 0. The van der Waals surface area contributed by atoms with Crippen molar-refractivity contribution in [2.45, 2.75) is 65.6 Å². The van der Waals surface area contributed by atoms with Gasteiger partial charge in [0.25, 0.3) is 0 Å². The van der Waals surface area contributed by atoms with Crippen LogP contribution in [0.25, 0.3) is 17.1 Å². The Bertz CT molecular complexity index is 1640. The predicted octanol–water partition coefficient (Wildman–Crippen LogP) is 6.15. The topological polar surface area (TPSA) is 98.9 Å². The van der Waals surface area contributed by atoms with E-state index in [9.17, 15) is 9.90 Å². The fraction of sp³-hybridized carbons (Fsp3) is 0.400. The molecule has 1 fully saturated rings. The molecule has 0 radical (unpaired) electrons. The Morgan fingerprint density at radius 1 is 1.11 bits per heavy atom. The van der Waals surface area contributed by atoms with Gasteiger partial charge in [0, 0.05) is 31.3 Å². The van der Waals surface area contributed by atoms with Crippen LogP contribution < -0.4 is 9.47 Å². The number of ether oxygens (including phenoxy) is 3. The van der Waals surface area contributed by atoms with Crippen molar-refractivity contribution in [1.82, 2.24) is 19.7 Å². The van der Waals surface area contributed by atoms with Crippen molar-refractivity contribution in [3.05, 3.63) is 88.1 Å². The lowest BCUT2D eigenvalue weighted by atomic mass is 9.91. The van der Waals surface area contributed by atoms with E-state index in [1.54, 1.807) is 6.07 Å². The van der Waals surface area contributed by atoms with Crippen molar-refractivity contribution in [3.63, 3.8) is 0 Å². The molecule has 0 spiro atoms. The van der Waals surface area contributed by atoms with Crippen LogP contribution in [0.2, 0.25) is 0 Å². The fourth-order valence-corrected chi connectivity index (χ4v) is 6.18. The molecule has 1 N–H and O–H groups in total. The number of aromatic nitrogens is 3. The molecule has 44 heavy (non-hydrogen) atoms. The second kappa shape index (κ2) is 13.2. The highest BCUT2D eigenvalue weighted by Gasteiger charge is 2.28. The number of carboxylic acid groups (broad SMARTS) is 1. The van der Waals surface area contributed by atoms with Crippen molar-refractivity contribution >= 4 is 5.97 Å². The number of aryl methyl sites for hydroxylation is 1. The van der Waals surface area contributed by atoms with E-state index in [4.69, 9.17) is 19.2 Å². The molecule has 9 nitrogen and oxygen atoms in total. The molecule has 0 aliphatic carbocycles. The number of nitrogens with zero attached hydrogens (tertiary/aromatic N) is 4. The molecule has 1 unspecified atom stereocenters. The van der Waals surface area contributed by atoms with Crippen molar-refractivity contribution in [1.29, 1.82) is 0 Å². The van der Waals surface area contributed by atoms with E-state index in [1.807, 2.05) is 37.3 Å². The molecular formula is C35H40N4O5. The van der Waals surface area contributed by atoms with E-state index < -0.39 is 5.97 Å². The molecule has 0 saturated carbocycles. The van der Waals surface area contributed by atoms with E-state index in [2.05, 4.69) is 36.0 Å². The van der Waals surface area contributed by atoms with Crippen LogP contribution in [0.15, 0.2) is 54.7 Å². The number of hydrogen-bond donors (Lipinski definition) is 1. The molecule has 2 aliphatic heterocycles. The van der Waals surface area contributed by atoms with Crippen LogP contribution in [0, 0.1) is 13.8 Å². The van der Waals surface area contributed by atoms with Gasteiger partial charge in [-0.2, -0.15) is 9.78 Å². The standard InChI is InChI=1S/C35H40N4O5/c1-4-5-17-43-34-30(35(40)41)19-36-39(34)32-11-7-10-31(37-32)29-9-6-8-23(2)33(29)44-21-26-13-12-25-20-38(27-15-18-42-22-27)16-14-28(25)24(26)3/h6-13,19,27H,4-5,14-18,20-22H2,1-3H3,(H,40,41). The Labute approximate surface area is 258 Å². The van der Waals surface area contributed by atoms with Gasteiger partial charge in [-0.25, -0.2) is 9.78 Å². The van der Waals surface area contributed by atoms with E-state index >= 15 is 0 Å². The quantitative estimate of drug-likeness (QED) is 0.206. The van der Waals surface area contributed by atoms with Gasteiger partial charge >= 0.3 is 5.97 Å². The van der Waals surface area contributed by atoms with Gasteiger partial charge in [0.1, 0.15) is 17.9 Å². The molecule has 1 saturated heterocycles. The summed E-state index contributed by atoms with van der Waals surface area (Å²) in [6.45, 7) is 10.9. The number of carboxylic acids is 1. The zero-order valence-electron chi connectivity index (χ0n) is 25.7. The first-order valence-electron chi connectivity index (χ1n) is 15.5. The number of rotatable bonds is 11. The second-order valence-electron chi connectivity index (χ2n) is 11.6. The van der Waals surface area contributed by atoms with Crippen LogP contribution >= 0.6 is 0 Å². The number of pyridine rings is 1. The summed E-state index contributed by atoms with van der Waals surface area (Å²) in [5.41, 5.74) is 7.92. The van der Waals surface area contributed by atoms with Crippen LogP contribution in [-0.4, -0.2) is 63.1 Å². The number of fused-ring (bicyclic) bond motifs is 1. The minimum Gasteiger partial charge on any atom is -0.488 e. The smallest absolute Gasteiger partial charge is 0.342 e. The third-order valence-electron chi connectivity index (χ3n) is 8.76. The SMILES string of the molecule is CCCCOc1c(C(=O)O)cnn1-c1cccc(-c2cccc(C)c2OCc2ccc3c(c2C)CCN(C2CCOC2)C3)n1. The molecule has 2 aromatic carbocycles. The van der Waals surface area contributed by atoms with Gasteiger partial charge in [0.2, 0.25) is 5.88 Å². The number of aromatic carboxylic acids is 1. The first kappa shape index (κ1) is 29.8. The predicted molar refractivity (Wildman–Crippen MR) is 168 cm³/mol. The average Bonchev–Trinajstić information content (AvgIpc) is 3.72. The first-order valence-corrected chi connectivity index (χ1v) is 15.5. The lowest BCUT2D eigenvalue weighted by Gasteiger charge is -2.34. The lowest BCUT2D eigenvalue weighted by molar-refractivity contribution is 0.0691. The maximum absolute atomic E-state index is 11.9. The molecule has 0 bridgehead atoms. The second-order valence-corrected chi connectivity index (χ2v) is 11.6. The Morgan fingerprint density at radius 2 is 1.98 bits per heavy atom. The Balaban J connectivity index is 1.24. The summed E-state index contributed by atoms with van der Waals surface area (Å²) in [4.78, 5) is 19.3. The highest BCUT2D eigenvalue weighted by molar-refractivity contribution is 5.90.